The van der Waals surface area contributed by atoms with E-state index in [1.165, 1.54) is 6.07 Å². The highest BCUT2D eigenvalue weighted by molar-refractivity contribution is 6.34. The summed E-state index contributed by atoms with van der Waals surface area (Å²) < 4.78 is 16.0. The molecule has 11 heteroatoms. The molecule has 0 bridgehead atoms. The van der Waals surface area contributed by atoms with Crippen LogP contribution in [0.2, 0.25) is 15.2 Å². The molecule has 2 aromatic heterocycles. The topological polar surface area (TPSA) is 74.0 Å². The van der Waals surface area contributed by atoms with E-state index >= 15 is 0 Å². The van der Waals surface area contributed by atoms with Crippen LogP contribution in [0.1, 0.15) is 27.9 Å². The van der Waals surface area contributed by atoms with Gasteiger partial charge in [-0.3, -0.25) is 9.47 Å². The molecule has 1 amide bonds. The van der Waals surface area contributed by atoms with Gasteiger partial charge in [-0.15, -0.1) is 12.4 Å². The first-order chi connectivity index (χ1) is 18.4. The van der Waals surface area contributed by atoms with E-state index in [4.69, 9.17) is 34.8 Å². The molecule has 0 spiro atoms. The fourth-order valence-corrected chi connectivity index (χ4v) is 5.27. The summed E-state index contributed by atoms with van der Waals surface area (Å²) in [5, 5.41) is 14.0. The van der Waals surface area contributed by atoms with Gasteiger partial charge in [0.15, 0.2) is 0 Å². The van der Waals surface area contributed by atoms with Gasteiger partial charge in [-0.25, -0.2) is 14.2 Å². The van der Waals surface area contributed by atoms with Crippen LogP contribution in [0.4, 0.5) is 9.18 Å². The molecule has 0 saturated carbocycles. The first-order valence-corrected chi connectivity index (χ1v) is 13.0. The molecule has 39 heavy (non-hydrogen) atoms. The average molecular weight is 605 g/mol. The van der Waals surface area contributed by atoms with Crippen molar-refractivity contribution in [2.24, 2.45) is 0 Å². The Hall–Kier alpha value is -3.12. The third-order valence-corrected chi connectivity index (χ3v) is 7.35. The number of nitrogens with zero attached hydrogens (tertiary/aromatic N) is 4. The number of hydrogen-bond acceptors (Lipinski definition) is 4. The monoisotopic (exact) mass is 603 g/mol. The van der Waals surface area contributed by atoms with Crippen LogP contribution in [0.5, 0.6) is 0 Å². The fourth-order valence-electron chi connectivity index (χ4n) is 4.70. The molecule has 2 aromatic carbocycles. The van der Waals surface area contributed by atoms with Crippen molar-refractivity contribution < 1.29 is 9.18 Å². The summed E-state index contributed by atoms with van der Waals surface area (Å²) in [7, 11) is 0. The zero-order chi connectivity index (χ0) is 26.8. The summed E-state index contributed by atoms with van der Waals surface area (Å²) in [6.45, 7) is 2.12. The molecule has 1 N–H and O–H groups in total. The van der Waals surface area contributed by atoms with Gasteiger partial charge in [-0.1, -0.05) is 53.0 Å². The third kappa shape index (κ3) is 6.06. The number of amides is 1. The number of rotatable bonds is 5. The highest BCUT2D eigenvalue weighted by Crippen LogP contribution is 2.32. The van der Waals surface area contributed by atoms with Crippen LogP contribution in [-0.4, -0.2) is 33.6 Å². The molecule has 4 aromatic rings. The van der Waals surface area contributed by atoms with Crippen LogP contribution < -0.4 is 5.32 Å². The highest BCUT2D eigenvalue weighted by atomic mass is 35.5. The van der Waals surface area contributed by atoms with Crippen molar-refractivity contribution in [1.82, 2.24) is 19.8 Å². The standard InChI is InChI=1S/C28H21Cl3FN5O.ClH/c29-22-5-6-23(30)27(32)20(22)2-1-10-36-11-8-24-21(16-36)19-4-3-17(14-33)12-25(19)37(24)28(38)35-15-18-7-9-34-26(31)13-18;/h1-7,9,12-13H,8,10-11,15-16H2,(H,35,38);1H/b2-1+;. The van der Waals surface area contributed by atoms with Crippen LogP contribution in [0.15, 0.2) is 54.7 Å². The molecule has 0 fully saturated rings. The lowest BCUT2D eigenvalue weighted by molar-refractivity contribution is 0.240. The number of aromatic nitrogens is 2. The maximum absolute atomic E-state index is 14.4. The molecule has 5 rings (SSSR count). The number of hydrogen-bond donors (Lipinski definition) is 1. The summed E-state index contributed by atoms with van der Waals surface area (Å²) in [5.74, 6) is -0.548. The second-order valence-corrected chi connectivity index (χ2v) is 10.1. The molecule has 3 heterocycles. The van der Waals surface area contributed by atoms with Crippen molar-refractivity contribution in [1.29, 1.82) is 5.26 Å². The summed E-state index contributed by atoms with van der Waals surface area (Å²) in [6.07, 6.45) is 5.71. The predicted octanol–water partition coefficient (Wildman–Crippen LogP) is 7.26. The number of carbonyl (C=O) groups excluding carboxylic acids is 1. The summed E-state index contributed by atoms with van der Waals surface area (Å²) in [6, 6.07) is 13.8. The minimum Gasteiger partial charge on any atom is -0.333 e. The minimum absolute atomic E-state index is 0. The van der Waals surface area contributed by atoms with Crippen molar-refractivity contribution in [3.63, 3.8) is 0 Å². The molecule has 0 atom stereocenters. The van der Waals surface area contributed by atoms with Crippen LogP contribution in [0, 0.1) is 17.1 Å². The minimum atomic E-state index is -0.548. The van der Waals surface area contributed by atoms with Crippen molar-refractivity contribution in [3.8, 4) is 6.07 Å². The summed E-state index contributed by atoms with van der Waals surface area (Å²) in [4.78, 5) is 19.6. The van der Waals surface area contributed by atoms with Gasteiger partial charge in [0.25, 0.3) is 0 Å². The van der Waals surface area contributed by atoms with Gasteiger partial charge in [0.2, 0.25) is 0 Å². The molecular weight excluding hydrogens is 583 g/mol. The van der Waals surface area contributed by atoms with E-state index in [9.17, 15) is 14.4 Å². The summed E-state index contributed by atoms with van der Waals surface area (Å²) in [5.41, 5.74) is 4.18. The van der Waals surface area contributed by atoms with Crippen molar-refractivity contribution in [2.75, 3.05) is 13.1 Å². The van der Waals surface area contributed by atoms with E-state index in [1.54, 1.807) is 47.2 Å². The first kappa shape index (κ1) is 28.9. The Balaban J connectivity index is 0.00000353. The Labute approximate surface area is 246 Å². The average Bonchev–Trinajstić information content (AvgIpc) is 3.24. The number of fused-ring (bicyclic) bond motifs is 3. The number of halogens is 5. The molecule has 0 unspecified atom stereocenters. The van der Waals surface area contributed by atoms with Gasteiger partial charge in [0, 0.05) is 55.4 Å². The Morgan fingerprint density at radius 1 is 1.15 bits per heavy atom. The summed E-state index contributed by atoms with van der Waals surface area (Å²) >= 11 is 18.0. The molecule has 1 aliphatic rings. The number of carbonyl (C=O) groups is 1. The van der Waals surface area contributed by atoms with Crippen molar-refractivity contribution in [3.05, 3.63) is 104 Å². The fraction of sp³-hybridized carbons (Fsp3) is 0.179. The predicted molar refractivity (Wildman–Crippen MR) is 155 cm³/mol. The number of nitrogens with one attached hydrogen (secondary N) is 1. The molecule has 1 aliphatic heterocycles. The largest absolute Gasteiger partial charge is 0.333 e. The van der Waals surface area contributed by atoms with Crippen LogP contribution in [-0.2, 0) is 19.5 Å². The van der Waals surface area contributed by atoms with E-state index in [2.05, 4.69) is 21.3 Å². The number of benzene rings is 2. The van der Waals surface area contributed by atoms with E-state index in [0.717, 1.165) is 22.2 Å². The molecular formula is C28H22Cl4FN5O. The van der Waals surface area contributed by atoms with Gasteiger partial charge in [-0.2, -0.15) is 5.26 Å². The molecule has 0 aliphatic carbocycles. The van der Waals surface area contributed by atoms with E-state index < -0.39 is 5.82 Å². The lowest BCUT2D eigenvalue weighted by atomic mass is 10.0. The zero-order valence-corrected chi connectivity index (χ0v) is 23.5. The first-order valence-electron chi connectivity index (χ1n) is 11.8. The van der Waals surface area contributed by atoms with Gasteiger partial charge < -0.3 is 5.32 Å². The Morgan fingerprint density at radius 3 is 2.72 bits per heavy atom. The lowest BCUT2D eigenvalue weighted by Crippen LogP contribution is -2.34. The zero-order valence-electron chi connectivity index (χ0n) is 20.4. The molecule has 0 saturated heterocycles. The van der Waals surface area contributed by atoms with Crippen LogP contribution in [0.3, 0.4) is 0 Å². The van der Waals surface area contributed by atoms with Crippen LogP contribution in [0.25, 0.3) is 17.0 Å². The normalized spacial score (nSPS) is 13.2. The van der Waals surface area contributed by atoms with Gasteiger partial charge in [0.05, 0.1) is 27.2 Å². The van der Waals surface area contributed by atoms with Crippen molar-refractivity contribution in [2.45, 2.75) is 19.5 Å². The van der Waals surface area contributed by atoms with Crippen molar-refractivity contribution >= 4 is 70.2 Å². The molecule has 200 valence electrons. The molecule has 0 radical (unpaired) electrons. The quantitative estimate of drug-likeness (QED) is 0.192. The smallest absolute Gasteiger partial charge is 0.326 e. The lowest BCUT2D eigenvalue weighted by Gasteiger charge is -2.27. The number of pyridine rings is 1. The van der Waals surface area contributed by atoms with E-state index in [1.807, 2.05) is 12.1 Å². The Bertz CT molecular complexity index is 1630. The maximum Gasteiger partial charge on any atom is 0.326 e. The van der Waals surface area contributed by atoms with Crippen LogP contribution >= 0.6 is 47.2 Å². The maximum atomic E-state index is 14.4. The van der Waals surface area contributed by atoms with Gasteiger partial charge in [-0.05, 0) is 47.5 Å². The third-order valence-electron chi connectivity index (χ3n) is 6.52. The van der Waals surface area contributed by atoms with Gasteiger partial charge in [0.1, 0.15) is 11.0 Å². The Kier molecular flexibility index (Phi) is 9.16. The van der Waals surface area contributed by atoms with Gasteiger partial charge >= 0.3 is 6.03 Å². The SMILES string of the molecule is Cl.N#Cc1ccc2c3c(n(C(=O)NCc4ccnc(Cl)c4)c2c1)CCN(C/C=C/c1c(Cl)ccc(Cl)c1F)C3. The van der Waals surface area contributed by atoms with E-state index in [-0.39, 0.29) is 35.6 Å². The number of nitriles is 1. The second kappa shape index (κ2) is 12.4. The molecule has 6 nitrogen and oxygen atoms in total. The highest BCUT2D eigenvalue weighted by Gasteiger charge is 2.26. The van der Waals surface area contributed by atoms with E-state index in [0.29, 0.717) is 47.3 Å². The Morgan fingerprint density at radius 2 is 1.95 bits per heavy atom. The second-order valence-electron chi connectivity index (χ2n) is 8.89.